The van der Waals surface area contributed by atoms with Crippen LogP contribution in [-0.4, -0.2) is 18.0 Å². The zero-order valence-corrected chi connectivity index (χ0v) is 18.6. The smallest absolute Gasteiger partial charge is 0.333 e. The molecule has 0 unspecified atom stereocenters. The van der Waals surface area contributed by atoms with Gasteiger partial charge >= 0.3 is 11.9 Å². The van der Waals surface area contributed by atoms with Crippen molar-refractivity contribution in [1.29, 1.82) is 0 Å². The Labute approximate surface area is 176 Å². The molecule has 1 aliphatic rings. The Morgan fingerprint density at radius 2 is 1.45 bits per heavy atom. The molecule has 1 saturated carbocycles. The number of rotatable bonds is 5. The molecule has 0 bridgehead atoms. The summed E-state index contributed by atoms with van der Waals surface area (Å²) in [5.41, 5.74) is 2.29. The molecule has 29 heavy (non-hydrogen) atoms. The van der Waals surface area contributed by atoms with E-state index < -0.39 is 0 Å². The summed E-state index contributed by atoms with van der Waals surface area (Å²) in [6, 6.07) is 9.55. The number of hydrogen-bond acceptors (Lipinski definition) is 4. The van der Waals surface area contributed by atoms with E-state index in [1.165, 1.54) is 0 Å². The summed E-state index contributed by atoms with van der Waals surface area (Å²) in [6.45, 7) is 17.6. The van der Waals surface area contributed by atoms with E-state index in [2.05, 4.69) is 33.9 Å². The Morgan fingerprint density at radius 3 is 1.90 bits per heavy atom. The van der Waals surface area contributed by atoms with Crippen LogP contribution in [0.25, 0.3) is 0 Å². The van der Waals surface area contributed by atoms with E-state index in [-0.39, 0.29) is 18.0 Å². The van der Waals surface area contributed by atoms with E-state index in [9.17, 15) is 9.59 Å². The number of benzene rings is 1. The van der Waals surface area contributed by atoms with Gasteiger partial charge < -0.3 is 9.47 Å². The van der Waals surface area contributed by atoms with Crippen molar-refractivity contribution in [2.45, 2.75) is 73.0 Å². The second-order valence-corrected chi connectivity index (χ2v) is 8.87. The van der Waals surface area contributed by atoms with Crippen LogP contribution in [0.3, 0.4) is 0 Å². The van der Waals surface area contributed by atoms with Gasteiger partial charge in [-0.25, -0.2) is 9.59 Å². The van der Waals surface area contributed by atoms with Crippen molar-refractivity contribution in [1.82, 2.24) is 0 Å². The van der Waals surface area contributed by atoms with Gasteiger partial charge in [0, 0.05) is 11.1 Å². The van der Waals surface area contributed by atoms with Crippen LogP contribution in [0.1, 0.15) is 65.9 Å². The maximum absolute atomic E-state index is 11.4. The van der Waals surface area contributed by atoms with Gasteiger partial charge in [-0.3, -0.25) is 0 Å². The summed E-state index contributed by atoms with van der Waals surface area (Å²) >= 11 is 0. The van der Waals surface area contributed by atoms with E-state index in [0.29, 0.717) is 23.2 Å². The molecule has 0 aromatic heterocycles. The molecule has 0 N–H and O–H groups in total. The number of carbonyl (C=O) groups excluding carboxylic acids is 2. The topological polar surface area (TPSA) is 52.6 Å². The molecule has 0 heterocycles. The lowest BCUT2D eigenvalue weighted by Crippen LogP contribution is -2.30. The van der Waals surface area contributed by atoms with Crippen molar-refractivity contribution in [2.24, 2.45) is 11.3 Å². The van der Waals surface area contributed by atoms with Crippen LogP contribution < -0.4 is 0 Å². The molecule has 4 nitrogen and oxygen atoms in total. The molecule has 0 saturated heterocycles. The Bertz CT molecular complexity index is 689. The van der Waals surface area contributed by atoms with Crippen molar-refractivity contribution in [3.05, 3.63) is 60.2 Å². The lowest BCUT2D eigenvalue weighted by molar-refractivity contribution is -0.146. The fourth-order valence-corrected chi connectivity index (χ4v) is 3.14. The molecule has 1 aromatic carbocycles. The molecule has 0 atom stereocenters. The van der Waals surface area contributed by atoms with Crippen molar-refractivity contribution in [3.63, 3.8) is 0 Å². The maximum atomic E-state index is 11.4. The third kappa shape index (κ3) is 9.60. The predicted molar refractivity (Wildman–Crippen MR) is 117 cm³/mol. The van der Waals surface area contributed by atoms with Crippen molar-refractivity contribution >= 4 is 11.9 Å². The number of esters is 2. The second kappa shape index (κ2) is 11.6. The van der Waals surface area contributed by atoms with Crippen molar-refractivity contribution in [3.8, 4) is 0 Å². The van der Waals surface area contributed by atoms with Gasteiger partial charge in [0.25, 0.3) is 0 Å². The molecule has 1 aromatic rings. The van der Waals surface area contributed by atoms with Crippen LogP contribution in [0, 0.1) is 11.3 Å². The van der Waals surface area contributed by atoms with Gasteiger partial charge in [-0.05, 0) is 56.4 Å². The minimum Gasteiger partial charge on any atom is -0.459 e. The molecule has 1 aliphatic carbocycles. The molecule has 0 amide bonds. The highest BCUT2D eigenvalue weighted by molar-refractivity contribution is 5.87. The first-order valence-electron chi connectivity index (χ1n) is 10.2. The second-order valence-electron chi connectivity index (χ2n) is 8.87. The number of ether oxygens (including phenoxy) is 2. The lowest BCUT2D eigenvalue weighted by Gasteiger charge is -2.36. The van der Waals surface area contributed by atoms with E-state index in [1.54, 1.807) is 13.8 Å². The van der Waals surface area contributed by atoms with Gasteiger partial charge in [0.2, 0.25) is 0 Å². The fourth-order valence-electron chi connectivity index (χ4n) is 3.14. The number of carbonyl (C=O) groups is 2. The van der Waals surface area contributed by atoms with Gasteiger partial charge in [-0.2, -0.15) is 0 Å². The minimum absolute atomic E-state index is 0.114. The monoisotopic (exact) mass is 400 g/mol. The van der Waals surface area contributed by atoms with Crippen LogP contribution in [0.15, 0.2) is 54.6 Å². The summed E-state index contributed by atoms with van der Waals surface area (Å²) in [5, 5.41) is 0. The Hall–Kier alpha value is -2.36. The van der Waals surface area contributed by atoms with Gasteiger partial charge in [0.1, 0.15) is 12.7 Å². The SMILES string of the molecule is C=C(C)C(=O)OC1CCC(C(C)(C)C)CC1.C=C(C)C(=O)OCc1ccccc1. The summed E-state index contributed by atoms with van der Waals surface area (Å²) in [5.74, 6) is 0.176. The lowest BCUT2D eigenvalue weighted by atomic mass is 9.72. The average molecular weight is 401 g/mol. The van der Waals surface area contributed by atoms with Crippen molar-refractivity contribution < 1.29 is 19.1 Å². The third-order valence-electron chi connectivity index (χ3n) is 5.08. The molecule has 2 rings (SSSR count). The van der Waals surface area contributed by atoms with Crippen LogP contribution in [0.2, 0.25) is 0 Å². The molecule has 160 valence electrons. The summed E-state index contributed by atoms with van der Waals surface area (Å²) in [6.07, 6.45) is 4.44. The standard InChI is InChI=1S/C14H24O2.C11H12O2/c1-10(2)13(15)16-12-8-6-11(7-9-12)14(3,4)5;1-9(2)11(12)13-8-10-6-4-3-5-7-10/h11-12H,1,6-9H2,2-5H3;3-7H,1,8H2,2H3. The van der Waals surface area contributed by atoms with Gasteiger partial charge in [0.05, 0.1) is 0 Å². The van der Waals surface area contributed by atoms with E-state index in [4.69, 9.17) is 9.47 Å². The summed E-state index contributed by atoms with van der Waals surface area (Å²) < 4.78 is 10.3. The molecule has 4 heteroatoms. The highest BCUT2D eigenvalue weighted by Gasteiger charge is 2.31. The molecule has 0 spiro atoms. The third-order valence-corrected chi connectivity index (χ3v) is 5.08. The van der Waals surface area contributed by atoms with Gasteiger partial charge in [-0.15, -0.1) is 0 Å². The van der Waals surface area contributed by atoms with Gasteiger partial charge in [-0.1, -0.05) is 64.3 Å². The van der Waals surface area contributed by atoms with E-state index >= 15 is 0 Å². The van der Waals surface area contributed by atoms with Crippen LogP contribution >= 0.6 is 0 Å². The Kier molecular flexibility index (Phi) is 9.87. The largest absolute Gasteiger partial charge is 0.459 e. The van der Waals surface area contributed by atoms with Crippen LogP contribution in [0.4, 0.5) is 0 Å². The van der Waals surface area contributed by atoms with Crippen LogP contribution in [0.5, 0.6) is 0 Å². The Balaban J connectivity index is 0.000000296. The summed E-state index contributed by atoms with van der Waals surface area (Å²) in [7, 11) is 0. The number of hydrogen-bond donors (Lipinski definition) is 0. The van der Waals surface area contributed by atoms with E-state index in [1.807, 2.05) is 30.3 Å². The highest BCUT2D eigenvalue weighted by atomic mass is 16.5. The first-order valence-corrected chi connectivity index (χ1v) is 10.2. The normalized spacial score (nSPS) is 18.7. The Morgan fingerprint density at radius 1 is 0.931 bits per heavy atom. The van der Waals surface area contributed by atoms with Gasteiger partial charge in [0.15, 0.2) is 0 Å². The minimum atomic E-state index is -0.344. The van der Waals surface area contributed by atoms with E-state index in [0.717, 1.165) is 37.2 Å². The first kappa shape index (κ1) is 24.7. The average Bonchev–Trinajstić information content (AvgIpc) is 2.67. The maximum Gasteiger partial charge on any atom is 0.333 e. The molecule has 1 fully saturated rings. The fraction of sp³-hybridized carbons (Fsp3) is 0.520. The highest BCUT2D eigenvalue weighted by Crippen LogP contribution is 2.38. The molecular formula is C25H36O4. The first-order chi connectivity index (χ1) is 13.5. The summed E-state index contributed by atoms with van der Waals surface area (Å²) in [4.78, 5) is 22.4. The molecule has 0 aliphatic heterocycles. The molecular weight excluding hydrogens is 364 g/mol. The zero-order valence-electron chi connectivity index (χ0n) is 18.6. The quantitative estimate of drug-likeness (QED) is 0.448. The predicted octanol–water partition coefficient (Wildman–Crippen LogP) is 6.02. The zero-order chi connectivity index (χ0) is 22.0. The van der Waals surface area contributed by atoms with Crippen molar-refractivity contribution in [2.75, 3.05) is 0 Å². The van der Waals surface area contributed by atoms with Crippen LogP contribution in [-0.2, 0) is 25.7 Å². The molecule has 0 radical (unpaired) electrons.